The Labute approximate surface area is 178 Å². The number of carbonyl (C=O) groups excluding carboxylic acids is 1. The number of unbranched alkanes of at least 4 members (excludes halogenated alkanes) is 13. The van der Waals surface area contributed by atoms with E-state index in [1.54, 1.807) is 7.11 Å². The Balaban J connectivity index is 1.99. The number of ether oxygens (including phenoxy) is 2. The topological polar surface area (TPSA) is 54.0 Å². The van der Waals surface area contributed by atoms with E-state index in [0.29, 0.717) is 0 Å². The third-order valence-electron chi connectivity index (χ3n) is 5.70. The molecule has 0 aromatic rings. The van der Waals surface area contributed by atoms with E-state index in [2.05, 4.69) is 11.7 Å². The number of carbonyl (C=O) groups is 1. The lowest BCUT2D eigenvalue weighted by atomic mass is 10.0. The molecule has 5 nitrogen and oxygen atoms in total. The van der Waals surface area contributed by atoms with Gasteiger partial charge in [0, 0.05) is 13.5 Å². The fourth-order valence-electron chi connectivity index (χ4n) is 3.70. The van der Waals surface area contributed by atoms with Crippen LogP contribution in [0.25, 0.3) is 0 Å². The first-order valence-corrected chi connectivity index (χ1v) is 11.8. The number of hydrogen-bond acceptors (Lipinski definition) is 5. The summed E-state index contributed by atoms with van der Waals surface area (Å²) >= 11 is 0. The van der Waals surface area contributed by atoms with Crippen LogP contribution in [0.5, 0.6) is 0 Å². The van der Waals surface area contributed by atoms with Gasteiger partial charge in [-0.3, -0.25) is 4.79 Å². The summed E-state index contributed by atoms with van der Waals surface area (Å²) in [6.07, 6.45) is 22.9. The molecule has 29 heavy (non-hydrogen) atoms. The van der Waals surface area contributed by atoms with Crippen molar-refractivity contribution >= 4 is 5.97 Å². The molecule has 1 rings (SSSR count). The van der Waals surface area contributed by atoms with Crippen molar-refractivity contribution in [2.24, 2.45) is 0 Å². The molecule has 0 aliphatic carbocycles. The Hall–Kier alpha value is -0.910. The molecule has 0 fully saturated rings. The maximum atomic E-state index is 11.3. The molecule has 2 atom stereocenters. The second-order valence-corrected chi connectivity index (χ2v) is 8.22. The van der Waals surface area contributed by atoms with Gasteiger partial charge >= 0.3 is 5.97 Å². The second kappa shape index (κ2) is 16.8. The van der Waals surface area contributed by atoms with Gasteiger partial charge in [-0.1, -0.05) is 96.5 Å². The molecule has 0 spiro atoms. The molecule has 0 unspecified atom stereocenters. The first kappa shape index (κ1) is 26.1. The van der Waals surface area contributed by atoms with E-state index in [9.17, 15) is 4.79 Å². The molecule has 0 saturated carbocycles. The van der Waals surface area contributed by atoms with Crippen LogP contribution >= 0.6 is 0 Å². The molecular formula is C24H44O5. The summed E-state index contributed by atoms with van der Waals surface area (Å²) in [7, 11) is 2.99. The Morgan fingerprint density at radius 1 is 0.862 bits per heavy atom. The van der Waals surface area contributed by atoms with E-state index < -0.39 is 11.9 Å². The van der Waals surface area contributed by atoms with E-state index in [0.717, 1.165) is 12.8 Å². The summed E-state index contributed by atoms with van der Waals surface area (Å²) < 4.78 is 10.2. The van der Waals surface area contributed by atoms with Gasteiger partial charge in [-0.15, -0.1) is 0 Å². The molecule has 0 N–H and O–H groups in total. The quantitative estimate of drug-likeness (QED) is 0.109. The van der Waals surface area contributed by atoms with Crippen molar-refractivity contribution in [2.75, 3.05) is 14.2 Å². The van der Waals surface area contributed by atoms with Gasteiger partial charge in [0.15, 0.2) is 0 Å². The maximum absolute atomic E-state index is 11.3. The molecule has 0 saturated heterocycles. The molecule has 0 aromatic heterocycles. The number of methoxy groups -OCH3 is 2. The largest absolute Gasteiger partial charge is 0.469 e. The Morgan fingerprint density at radius 2 is 1.38 bits per heavy atom. The van der Waals surface area contributed by atoms with Gasteiger partial charge < -0.3 is 9.47 Å². The molecule has 0 bridgehead atoms. The molecule has 1 aliphatic heterocycles. The minimum atomic E-state index is -0.830. The van der Waals surface area contributed by atoms with Crippen molar-refractivity contribution in [3.05, 3.63) is 12.2 Å². The van der Waals surface area contributed by atoms with E-state index in [4.69, 9.17) is 14.5 Å². The van der Waals surface area contributed by atoms with Gasteiger partial charge in [-0.05, 0) is 12.5 Å². The van der Waals surface area contributed by atoms with Crippen LogP contribution in [0, 0.1) is 0 Å². The highest BCUT2D eigenvalue weighted by Gasteiger charge is 2.34. The van der Waals surface area contributed by atoms with Crippen molar-refractivity contribution in [3.63, 3.8) is 0 Å². The predicted octanol–water partition coefficient (Wildman–Crippen LogP) is 6.65. The zero-order valence-corrected chi connectivity index (χ0v) is 19.1. The Morgan fingerprint density at radius 3 is 1.79 bits per heavy atom. The molecular weight excluding hydrogens is 368 g/mol. The molecule has 0 radical (unpaired) electrons. The second-order valence-electron chi connectivity index (χ2n) is 8.22. The highest BCUT2D eigenvalue weighted by Crippen LogP contribution is 2.28. The fourth-order valence-corrected chi connectivity index (χ4v) is 3.70. The van der Waals surface area contributed by atoms with Crippen molar-refractivity contribution in [1.82, 2.24) is 0 Å². The smallest absolute Gasteiger partial charge is 0.308 e. The Kier molecular flexibility index (Phi) is 15.2. The summed E-state index contributed by atoms with van der Waals surface area (Å²) in [4.78, 5) is 22.1. The summed E-state index contributed by atoms with van der Waals surface area (Å²) in [5.74, 6) is -1.15. The summed E-state index contributed by atoms with van der Waals surface area (Å²) in [5, 5.41) is 0. The van der Waals surface area contributed by atoms with Gasteiger partial charge in [0.2, 0.25) is 5.79 Å². The average molecular weight is 413 g/mol. The first-order valence-electron chi connectivity index (χ1n) is 11.8. The maximum Gasteiger partial charge on any atom is 0.308 e. The summed E-state index contributed by atoms with van der Waals surface area (Å²) in [6.45, 7) is 2.27. The summed E-state index contributed by atoms with van der Waals surface area (Å²) in [5.41, 5.74) is 0. The first-order chi connectivity index (χ1) is 14.2. The lowest BCUT2D eigenvalue weighted by Gasteiger charge is -2.32. The SMILES string of the molecule is CCCCCCCCCCCCCCCC[C@@]1(OC)C=C[C@H](CC(=O)OC)OO1. The summed E-state index contributed by atoms with van der Waals surface area (Å²) in [6, 6.07) is 0. The standard InChI is InChI=1S/C24H44O5/c1-4-5-6-7-8-9-10-11-12-13-14-15-16-17-19-24(27-3)20-18-22(28-29-24)21-23(25)26-2/h18,20,22H,4-17,19,21H2,1-3H3/t22-,24+/m1/s1. The Bertz CT molecular complexity index is 437. The van der Waals surface area contributed by atoms with E-state index in [1.807, 2.05) is 12.2 Å². The minimum absolute atomic E-state index is 0.144. The predicted molar refractivity (Wildman–Crippen MR) is 116 cm³/mol. The number of esters is 1. The average Bonchev–Trinajstić information content (AvgIpc) is 2.75. The van der Waals surface area contributed by atoms with Crippen LogP contribution in [0.1, 0.15) is 110 Å². The van der Waals surface area contributed by atoms with Crippen molar-refractivity contribution < 1.29 is 24.0 Å². The normalized spacial score (nSPS) is 21.4. The third-order valence-corrected chi connectivity index (χ3v) is 5.70. The van der Waals surface area contributed by atoms with Crippen LogP contribution in [0.15, 0.2) is 12.2 Å². The van der Waals surface area contributed by atoms with Crippen LogP contribution in [0.3, 0.4) is 0 Å². The molecule has 5 heteroatoms. The van der Waals surface area contributed by atoms with Crippen LogP contribution in [0.2, 0.25) is 0 Å². The van der Waals surface area contributed by atoms with E-state index in [1.165, 1.54) is 90.6 Å². The van der Waals surface area contributed by atoms with E-state index >= 15 is 0 Å². The van der Waals surface area contributed by atoms with Crippen LogP contribution < -0.4 is 0 Å². The van der Waals surface area contributed by atoms with Crippen molar-refractivity contribution in [2.45, 2.75) is 122 Å². The van der Waals surface area contributed by atoms with Gasteiger partial charge in [0.1, 0.15) is 6.10 Å². The van der Waals surface area contributed by atoms with Crippen molar-refractivity contribution in [1.29, 1.82) is 0 Å². The van der Waals surface area contributed by atoms with Gasteiger partial charge in [-0.2, -0.15) is 4.89 Å². The van der Waals surface area contributed by atoms with Crippen LogP contribution in [0.4, 0.5) is 0 Å². The fraction of sp³-hybridized carbons (Fsp3) is 0.875. The van der Waals surface area contributed by atoms with Crippen molar-refractivity contribution in [3.8, 4) is 0 Å². The third kappa shape index (κ3) is 12.4. The molecule has 170 valence electrons. The van der Waals surface area contributed by atoms with Gasteiger partial charge in [0.25, 0.3) is 0 Å². The van der Waals surface area contributed by atoms with Crippen LogP contribution in [-0.4, -0.2) is 32.1 Å². The van der Waals surface area contributed by atoms with Gasteiger partial charge in [0.05, 0.1) is 13.5 Å². The molecule has 1 heterocycles. The van der Waals surface area contributed by atoms with Gasteiger partial charge in [-0.25, -0.2) is 4.89 Å². The zero-order valence-electron chi connectivity index (χ0n) is 19.1. The number of hydrogen-bond donors (Lipinski definition) is 0. The molecule has 0 amide bonds. The van der Waals surface area contributed by atoms with E-state index in [-0.39, 0.29) is 12.4 Å². The highest BCUT2D eigenvalue weighted by molar-refractivity contribution is 5.70. The van der Waals surface area contributed by atoms with Crippen LogP contribution in [-0.2, 0) is 24.0 Å². The highest BCUT2D eigenvalue weighted by atomic mass is 17.2. The zero-order chi connectivity index (χ0) is 21.2. The lowest BCUT2D eigenvalue weighted by Crippen LogP contribution is -2.38. The molecule has 0 aromatic carbocycles. The molecule has 1 aliphatic rings. The monoisotopic (exact) mass is 412 g/mol. The lowest BCUT2D eigenvalue weighted by molar-refractivity contribution is -0.428. The minimum Gasteiger partial charge on any atom is -0.469 e. The number of rotatable bonds is 18.